The second-order valence-corrected chi connectivity index (χ2v) is 7.93. The molecule has 0 aliphatic rings. The number of amides is 1. The number of pyridine rings is 1. The molecule has 1 amide bonds. The molecule has 3 heterocycles. The van der Waals surface area contributed by atoms with Crippen LogP contribution in [0.25, 0.3) is 11.0 Å². The number of imidazole rings is 1. The molecule has 4 aromatic rings. The van der Waals surface area contributed by atoms with Crippen molar-refractivity contribution >= 4 is 28.3 Å². The van der Waals surface area contributed by atoms with Gasteiger partial charge in [0.05, 0.1) is 34.9 Å². The average molecular weight is 422 g/mol. The van der Waals surface area contributed by atoms with Gasteiger partial charge in [-0.2, -0.15) is 0 Å². The molecule has 154 valence electrons. The number of H-pyrrole nitrogens is 1. The molecule has 3 N–H and O–H groups in total. The fourth-order valence-electron chi connectivity index (χ4n) is 3.25. The van der Waals surface area contributed by atoms with Crippen molar-refractivity contribution in [1.82, 2.24) is 25.3 Å². The molecule has 0 spiro atoms. The molecule has 1 aromatic carbocycles. The van der Waals surface area contributed by atoms with E-state index >= 15 is 0 Å². The van der Waals surface area contributed by atoms with Crippen LogP contribution in [-0.4, -0.2) is 30.9 Å². The lowest BCUT2D eigenvalue weighted by Crippen LogP contribution is -2.24. The molecule has 0 unspecified atom stereocenters. The Morgan fingerprint density at radius 3 is 2.83 bits per heavy atom. The van der Waals surface area contributed by atoms with E-state index in [1.165, 1.54) is 11.3 Å². The zero-order chi connectivity index (χ0) is 20.8. The number of para-hydroxylation sites is 2. The molecule has 7 nitrogen and oxygen atoms in total. The van der Waals surface area contributed by atoms with Crippen molar-refractivity contribution in [3.63, 3.8) is 0 Å². The summed E-state index contributed by atoms with van der Waals surface area (Å²) < 4.78 is 0. The number of hydrogen-bond donors (Lipinski definition) is 3. The number of aliphatic hydroxyl groups is 1. The number of unbranched alkanes of at least 4 members (excludes halogenated alkanes) is 1. The van der Waals surface area contributed by atoms with Crippen molar-refractivity contribution in [2.24, 2.45) is 0 Å². The van der Waals surface area contributed by atoms with Crippen molar-refractivity contribution in [2.75, 3.05) is 0 Å². The smallest absolute Gasteiger partial charge is 0.271 e. The Bertz CT molecular complexity index is 1100. The Morgan fingerprint density at radius 1 is 1.10 bits per heavy atom. The van der Waals surface area contributed by atoms with E-state index in [4.69, 9.17) is 0 Å². The van der Waals surface area contributed by atoms with Crippen LogP contribution in [0.1, 0.15) is 45.4 Å². The first kappa shape index (κ1) is 20.2. The second-order valence-electron chi connectivity index (χ2n) is 6.98. The Balaban J connectivity index is 1.24. The highest BCUT2D eigenvalue weighted by atomic mass is 32.1. The first-order valence-corrected chi connectivity index (χ1v) is 10.8. The van der Waals surface area contributed by atoms with Crippen molar-refractivity contribution in [3.8, 4) is 0 Å². The molecular weight excluding hydrogens is 398 g/mol. The first-order chi connectivity index (χ1) is 14.7. The number of rotatable bonds is 9. The van der Waals surface area contributed by atoms with E-state index in [1.54, 1.807) is 23.7 Å². The lowest BCUT2D eigenvalue weighted by atomic mass is 10.2. The van der Waals surface area contributed by atoms with Gasteiger partial charge >= 0.3 is 0 Å². The maximum atomic E-state index is 12.4. The number of aromatic amines is 1. The van der Waals surface area contributed by atoms with Gasteiger partial charge in [0.25, 0.3) is 5.91 Å². The van der Waals surface area contributed by atoms with Gasteiger partial charge in [-0.3, -0.25) is 9.78 Å². The van der Waals surface area contributed by atoms with E-state index in [2.05, 4.69) is 25.3 Å². The monoisotopic (exact) mass is 421 g/mol. The van der Waals surface area contributed by atoms with E-state index in [0.29, 0.717) is 17.0 Å². The highest BCUT2D eigenvalue weighted by Gasteiger charge is 2.12. The van der Waals surface area contributed by atoms with Crippen molar-refractivity contribution in [1.29, 1.82) is 0 Å². The molecule has 0 aliphatic carbocycles. The number of hydrogen-bond acceptors (Lipinski definition) is 6. The summed E-state index contributed by atoms with van der Waals surface area (Å²) in [5, 5.41) is 14.9. The van der Waals surface area contributed by atoms with Crippen LogP contribution in [0, 0.1) is 0 Å². The SMILES string of the molecule is O=C(NCc1ncccc1CO)c1csc(CCCCc2nc3ccccc3[nH]2)n1. The Kier molecular flexibility index (Phi) is 6.46. The molecule has 0 radical (unpaired) electrons. The summed E-state index contributed by atoms with van der Waals surface area (Å²) >= 11 is 1.51. The predicted molar refractivity (Wildman–Crippen MR) is 116 cm³/mol. The highest BCUT2D eigenvalue weighted by molar-refractivity contribution is 7.09. The van der Waals surface area contributed by atoms with Gasteiger partial charge in [0.2, 0.25) is 0 Å². The maximum Gasteiger partial charge on any atom is 0.271 e. The van der Waals surface area contributed by atoms with Crippen LogP contribution < -0.4 is 5.32 Å². The summed E-state index contributed by atoms with van der Waals surface area (Å²) in [6.45, 7) is 0.161. The Hall–Kier alpha value is -3.10. The quantitative estimate of drug-likeness (QED) is 0.359. The summed E-state index contributed by atoms with van der Waals surface area (Å²) in [4.78, 5) is 29.0. The number of aliphatic hydroxyl groups excluding tert-OH is 1. The summed E-state index contributed by atoms with van der Waals surface area (Å²) in [5.74, 6) is 0.779. The van der Waals surface area contributed by atoms with Crippen molar-refractivity contribution in [3.05, 3.63) is 75.8 Å². The number of aryl methyl sites for hydroxylation is 2. The topological polar surface area (TPSA) is 104 Å². The van der Waals surface area contributed by atoms with E-state index in [1.807, 2.05) is 24.3 Å². The van der Waals surface area contributed by atoms with Crippen molar-refractivity contribution < 1.29 is 9.90 Å². The molecule has 3 aromatic heterocycles. The summed E-state index contributed by atoms with van der Waals surface area (Å²) in [6, 6.07) is 11.6. The minimum atomic E-state index is -0.227. The molecule has 0 saturated carbocycles. The second kappa shape index (κ2) is 9.60. The van der Waals surface area contributed by atoms with Crippen molar-refractivity contribution in [2.45, 2.75) is 38.8 Å². The molecule has 0 fully saturated rings. The molecule has 0 atom stereocenters. The van der Waals surface area contributed by atoms with Crippen LogP contribution in [0.2, 0.25) is 0 Å². The van der Waals surface area contributed by atoms with Crippen LogP contribution in [0.3, 0.4) is 0 Å². The van der Waals surface area contributed by atoms with Gasteiger partial charge in [-0.05, 0) is 37.5 Å². The van der Waals surface area contributed by atoms with Gasteiger partial charge in [0.1, 0.15) is 11.5 Å². The fraction of sp³-hybridized carbons (Fsp3) is 0.273. The normalized spacial score (nSPS) is 11.1. The van der Waals surface area contributed by atoms with Crippen LogP contribution in [0.15, 0.2) is 48.0 Å². The largest absolute Gasteiger partial charge is 0.392 e. The van der Waals surface area contributed by atoms with Gasteiger partial charge in [-0.25, -0.2) is 9.97 Å². The average Bonchev–Trinajstić information content (AvgIpc) is 3.42. The summed E-state index contributed by atoms with van der Waals surface area (Å²) in [5.41, 5.74) is 3.86. The lowest BCUT2D eigenvalue weighted by molar-refractivity contribution is 0.0945. The zero-order valence-electron chi connectivity index (χ0n) is 16.5. The van der Waals surface area contributed by atoms with Gasteiger partial charge in [-0.15, -0.1) is 11.3 Å². The van der Waals surface area contributed by atoms with E-state index in [9.17, 15) is 9.90 Å². The Morgan fingerprint density at radius 2 is 1.97 bits per heavy atom. The number of aromatic nitrogens is 4. The van der Waals surface area contributed by atoms with Gasteiger partial charge < -0.3 is 15.4 Å². The molecule has 4 rings (SSSR count). The molecular formula is C22H23N5O2S. The number of nitrogens with zero attached hydrogens (tertiary/aromatic N) is 3. The molecule has 0 saturated heterocycles. The van der Waals surface area contributed by atoms with Crippen LogP contribution in [0.5, 0.6) is 0 Å². The zero-order valence-corrected chi connectivity index (χ0v) is 17.3. The fourth-order valence-corrected chi connectivity index (χ4v) is 4.07. The van der Waals surface area contributed by atoms with E-state index in [0.717, 1.165) is 47.5 Å². The third kappa shape index (κ3) is 4.90. The minimum Gasteiger partial charge on any atom is -0.392 e. The third-order valence-corrected chi connectivity index (χ3v) is 5.76. The third-order valence-electron chi connectivity index (χ3n) is 4.85. The first-order valence-electron chi connectivity index (χ1n) is 9.93. The van der Waals surface area contributed by atoms with E-state index < -0.39 is 0 Å². The van der Waals surface area contributed by atoms with E-state index in [-0.39, 0.29) is 19.1 Å². The molecule has 30 heavy (non-hydrogen) atoms. The lowest BCUT2D eigenvalue weighted by Gasteiger charge is -2.06. The number of thiazole rings is 1. The number of fused-ring (bicyclic) bond motifs is 1. The predicted octanol–water partition coefficient (Wildman–Crippen LogP) is 3.40. The number of carbonyl (C=O) groups excluding carboxylic acids is 1. The van der Waals surface area contributed by atoms with Crippen LogP contribution in [-0.2, 0) is 26.0 Å². The number of nitrogens with one attached hydrogen (secondary N) is 2. The molecule has 0 bridgehead atoms. The van der Waals surface area contributed by atoms with Gasteiger partial charge in [0, 0.05) is 23.6 Å². The summed E-state index contributed by atoms with van der Waals surface area (Å²) in [7, 11) is 0. The highest BCUT2D eigenvalue weighted by Crippen LogP contribution is 2.15. The standard InChI is InChI=1S/C22H23N5O2S/c28-13-15-6-5-11-23-18(15)12-24-22(29)19-14-30-21(27-19)10-4-3-9-20-25-16-7-1-2-8-17(16)26-20/h1-2,5-8,11,14,28H,3-4,9-10,12-13H2,(H,24,29)(H,25,26). The number of carbonyl (C=O) groups is 1. The maximum absolute atomic E-state index is 12.4. The van der Waals surface area contributed by atoms with Gasteiger partial charge in [-0.1, -0.05) is 18.2 Å². The number of benzene rings is 1. The van der Waals surface area contributed by atoms with Crippen LogP contribution in [0.4, 0.5) is 0 Å². The molecule has 0 aliphatic heterocycles. The molecule has 8 heteroatoms. The summed E-state index contributed by atoms with van der Waals surface area (Å²) in [6.07, 6.45) is 5.37. The van der Waals surface area contributed by atoms with Gasteiger partial charge in [0.15, 0.2) is 0 Å². The van der Waals surface area contributed by atoms with Crippen LogP contribution >= 0.6 is 11.3 Å². The Labute approximate surface area is 178 Å². The minimum absolute atomic E-state index is 0.103.